The van der Waals surface area contributed by atoms with E-state index in [1.54, 1.807) is 0 Å². The van der Waals surface area contributed by atoms with E-state index >= 15 is 0 Å². The third-order valence-electron chi connectivity index (χ3n) is 5.43. The Morgan fingerprint density at radius 1 is 1.31 bits per heavy atom. The average Bonchev–Trinajstić information content (AvgIpc) is 2.67. The standard InChI is InChI=1S/C19H38N4O2S/c1-16(2)25-14-11-23-9-5-17(6-10-23)22-18(20-3)21-15-19(26-4)7-12-24-13-8-19/h16-17H,5-15H2,1-4H3,(H2,20,21,22). The Kier molecular flexibility index (Phi) is 9.53. The van der Waals surface area contributed by atoms with Crippen molar-refractivity contribution in [2.24, 2.45) is 4.99 Å². The Morgan fingerprint density at radius 3 is 2.58 bits per heavy atom. The molecule has 0 atom stereocenters. The van der Waals surface area contributed by atoms with Crippen LogP contribution in [0.3, 0.4) is 0 Å². The predicted molar refractivity (Wildman–Crippen MR) is 111 cm³/mol. The molecular formula is C19H38N4O2S. The molecule has 6 nitrogen and oxygen atoms in total. The van der Waals surface area contributed by atoms with Gasteiger partial charge in [0.25, 0.3) is 0 Å². The summed E-state index contributed by atoms with van der Waals surface area (Å²) in [4.78, 5) is 6.94. The number of hydrogen-bond acceptors (Lipinski definition) is 5. The lowest BCUT2D eigenvalue weighted by atomic mass is 9.99. The van der Waals surface area contributed by atoms with Crippen LogP contribution in [0, 0.1) is 0 Å². The van der Waals surface area contributed by atoms with Gasteiger partial charge in [0.1, 0.15) is 0 Å². The van der Waals surface area contributed by atoms with Crippen molar-refractivity contribution >= 4 is 17.7 Å². The molecule has 2 heterocycles. The highest BCUT2D eigenvalue weighted by molar-refractivity contribution is 8.00. The fraction of sp³-hybridized carbons (Fsp3) is 0.947. The molecule has 0 aromatic heterocycles. The highest BCUT2D eigenvalue weighted by atomic mass is 32.2. The molecule has 0 aromatic rings. The summed E-state index contributed by atoms with van der Waals surface area (Å²) >= 11 is 1.96. The molecule has 152 valence electrons. The zero-order valence-corrected chi connectivity index (χ0v) is 17.9. The van der Waals surface area contributed by atoms with E-state index in [1.807, 2.05) is 18.8 Å². The van der Waals surface area contributed by atoms with Crippen molar-refractivity contribution in [3.63, 3.8) is 0 Å². The molecule has 2 N–H and O–H groups in total. The summed E-state index contributed by atoms with van der Waals surface area (Å²) < 4.78 is 11.5. The van der Waals surface area contributed by atoms with Crippen LogP contribution in [0.5, 0.6) is 0 Å². The fourth-order valence-electron chi connectivity index (χ4n) is 3.55. The summed E-state index contributed by atoms with van der Waals surface area (Å²) in [6, 6.07) is 0.503. The topological polar surface area (TPSA) is 58.1 Å². The first-order valence-corrected chi connectivity index (χ1v) is 11.2. The number of aliphatic imine (C=N–C) groups is 1. The van der Waals surface area contributed by atoms with Crippen LogP contribution in [0.2, 0.25) is 0 Å². The number of thioether (sulfide) groups is 1. The number of ether oxygens (including phenoxy) is 2. The van der Waals surface area contributed by atoms with Gasteiger partial charge in [0.15, 0.2) is 5.96 Å². The van der Waals surface area contributed by atoms with E-state index in [2.05, 4.69) is 40.6 Å². The quantitative estimate of drug-likeness (QED) is 0.491. The number of piperidine rings is 1. The molecular weight excluding hydrogens is 348 g/mol. The molecule has 0 spiro atoms. The fourth-order valence-corrected chi connectivity index (χ4v) is 4.34. The number of nitrogens with zero attached hydrogens (tertiary/aromatic N) is 2. The van der Waals surface area contributed by atoms with Crippen molar-refractivity contribution in [2.75, 3.05) is 59.3 Å². The van der Waals surface area contributed by atoms with E-state index in [0.717, 1.165) is 77.6 Å². The van der Waals surface area contributed by atoms with Gasteiger partial charge in [-0.2, -0.15) is 11.8 Å². The summed E-state index contributed by atoms with van der Waals surface area (Å²) in [6.45, 7) is 11.0. The van der Waals surface area contributed by atoms with Crippen molar-refractivity contribution in [3.8, 4) is 0 Å². The second-order valence-electron chi connectivity index (χ2n) is 7.61. The zero-order valence-electron chi connectivity index (χ0n) is 17.1. The Balaban J connectivity index is 1.68. The van der Waals surface area contributed by atoms with Crippen molar-refractivity contribution in [2.45, 2.75) is 56.4 Å². The van der Waals surface area contributed by atoms with E-state index in [0.29, 0.717) is 12.1 Å². The first kappa shape index (κ1) is 21.8. The lowest BCUT2D eigenvalue weighted by molar-refractivity contribution is 0.0532. The lowest BCUT2D eigenvalue weighted by Crippen LogP contribution is -2.52. The van der Waals surface area contributed by atoms with Crippen LogP contribution in [0.4, 0.5) is 0 Å². The van der Waals surface area contributed by atoms with Gasteiger partial charge >= 0.3 is 0 Å². The van der Waals surface area contributed by atoms with E-state index in [4.69, 9.17) is 9.47 Å². The molecule has 2 aliphatic rings. The molecule has 2 aliphatic heterocycles. The normalized spacial score (nSPS) is 22.6. The van der Waals surface area contributed by atoms with Crippen molar-refractivity contribution in [1.29, 1.82) is 0 Å². The van der Waals surface area contributed by atoms with Gasteiger partial charge in [-0.25, -0.2) is 0 Å². The first-order valence-electron chi connectivity index (χ1n) is 10.0. The minimum absolute atomic E-state index is 0.273. The smallest absolute Gasteiger partial charge is 0.191 e. The molecule has 7 heteroatoms. The second kappa shape index (κ2) is 11.4. The Bertz CT molecular complexity index is 420. The SMILES string of the molecule is CN=C(NCC1(SC)CCOCC1)NC1CCN(CCOC(C)C)CC1. The number of likely N-dealkylation sites (tertiary alicyclic amines) is 1. The molecule has 0 bridgehead atoms. The number of rotatable bonds is 8. The highest BCUT2D eigenvalue weighted by Gasteiger charge is 2.32. The lowest BCUT2D eigenvalue weighted by Gasteiger charge is -2.37. The largest absolute Gasteiger partial charge is 0.381 e. The molecule has 26 heavy (non-hydrogen) atoms. The van der Waals surface area contributed by atoms with Gasteiger partial charge in [-0.3, -0.25) is 4.99 Å². The van der Waals surface area contributed by atoms with E-state index < -0.39 is 0 Å². The minimum Gasteiger partial charge on any atom is -0.381 e. The monoisotopic (exact) mass is 386 g/mol. The summed E-state index contributed by atoms with van der Waals surface area (Å²) in [5.74, 6) is 0.937. The van der Waals surface area contributed by atoms with Gasteiger partial charge in [0, 0.05) is 57.2 Å². The van der Waals surface area contributed by atoms with Gasteiger partial charge in [-0.05, 0) is 45.8 Å². The highest BCUT2D eigenvalue weighted by Crippen LogP contribution is 2.32. The summed E-state index contributed by atoms with van der Waals surface area (Å²) in [5.41, 5.74) is 0. The van der Waals surface area contributed by atoms with E-state index in [1.165, 1.54) is 0 Å². The van der Waals surface area contributed by atoms with E-state index in [9.17, 15) is 0 Å². The van der Waals surface area contributed by atoms with Crippen LogP contribution in [0.1, 0.15) is 39.5 Å². The average molecular weight is 387 g/mol. The number of nitrogens with one attached hydrogen (secondary N) is 2. The van der Waals surface area contributed by atoms with Crippen molar-refractivity contribution in [3.05, 3.63) is 0 Å². The molecule has 2 fully saturated rings. The van der Waals surface area contributed by atoms with Crippen LogP contribution < -0.4 is 10.6 Å². The molecule has 2 saturated heterocycles. The maximum absolute atomic E-state index is 5.67. The Labute approximate surface area is 163 Å². The van der Waals surface area contributed by atoms with Gasteiger partial charge in [0.05, 0.1) is 12.7 Å². The third-order valence-corrected chi connectivity index (χ3v) is 6.84. The third kappa shape index (κ3) is 7.25. The summed E-state index contributed by atoms with van der Waals surface area (Å²) in [6.07, 6.45) is 7.06. The summed E-state index contributed by atoms with van der Waals surface area (Å²) in [5, 5.41) is 7.19. The van der Waals surface area contributed by atoms with Crippen LogP contribution in [0.15, 0.2) is 4.99 Å². The number of guanidine groups is 1. The Morgan fingerprint density at radius 2 is 2.00 bits per heavy atom. The van der Waals surface area contributed by atoms with Crippen LogP contribution in [-0.4, -0.2) is 87.1 Å². The second-order valence-corrected chi connectivity index (χ2v) is 8.88. The summed E-state index contributed by atoms with van der Waals surface area (Å²) in [7, 11) is 1.86. The zero-order chi connectivity index (χ0) is 18.8. The maximum atomic E-state index is 5.67. The molecule has 0 aliphatic carbocycles. The molecule has 0 unspecified atom stereocenters. The molecule has 2 rings (SSSR count). The molecule has 0 saturated carbocycles. The van der Waals surface area contributed by atoms with Crippen LogP contribution >= 0.6 is 11.8 Å². The van der Waals surface area contributed by atoms with Crippen molar-refractivity contribution in [1.82, 2.24) is 15.5 Å². The molecule has 0 amide bonds. The maximum Gasteiger partial charge on any atom is 0.191 e. The van der Waals surface area contributed by atoms with Crippen LogP contribution in [-0.2, 0) is 9.47 Å². The first-order chi connectivity index (χ1) is 12.6. The molecule has 0 aromatic carbocycles. The van der Waals surface area contributed by atoms with Gasteiger partial charge in [-0.15, -0.1) is 0 Å². The Hall–Kier alpha value is -0.500. The van der Waals surface area contributed by atoms with Crippen molar-refractivity contribution < 1.29 is 9.47 Å². The molecule has 0 radical (unpaired) electrons. The van der Waals surface area contributed by atoms with E-state index in [-0.39, 0.29) is 4.75 Å². The van der Waals surface area contributed by atoms with Gasteiger partial charge in [0.2, 0.25) is 0 Å². The predicted octanol–water partition coefficient (Wildman–Crippen LogP) is 1.95. The van der Waals surface area contributed by atoms with Gasteiger partial charge < -0.3 is 25.0 Å². The van der Waals surface area contributed by atoms with Gasteiger partial charge in [-0.1, -0.05) is 0 Å². The van der Waals surface area contributed by atoms with Crippen LogP contribution in [0.25, 0.3) is 0 Å². The minimum atomic E-state index is 0.273. The number of hydrogen-bond donors (Lipinski definition) is 2.